The third-order valence-electron chi connectivity index (χ3n) is 12.1. The first kappa shape index (κ1) is 56.7. The van der Waals surface area contributed by atoms with Crippen LogP contribution >= 0.6 is 0 Å². The monoisotopic (exact) mass is 1270 g/mol. The van der Waals surface area contributed by atoms with E-state index in [1.54, 1.807) is 24.3 Å². The molecule has 0 aromatic heterocycles. The number of hydrogen-bond acceptors (Lipinski definition) is 6. The second-order valence-electron chi connectivity index (χ2n) is 18.1. The van der Waals surface area contributed by atoms with E-state index in [-0.39, 0.29) is 79.7 Å². The second kappa shape index (κ2) is 23.9. The zero-order chi connectivity index (χ0) is 53.4. The predicted molar refractivity (Wildman–Crippen MR) is 243 cm³/mol. The minimum Gasteiger partial charge on any atom is -0.457 e. The Labute approximate surface area is 441 Å². The molecule has 6 aromatic rings. The molecule has 5 fully saturated rings. The molecule has 394 valence electrons. The highest BCUT2D eigenvalue weighted by Crippen LogP contribution is 2.64. The van der Waals surface area contributed by atoms with Gasteiger partial charge in [0, 0.05) is 25.7 Å². The van der Waals surface area contributed by atoms with E-state index in [2.05, 4.69) is 24.3 Å². The molecule has 6 aromatic carbocycles. The molecule has 0 radical (unpaired) electrons. The van der Waals surface area contributed by atoms with E-state index < -0.39 is 66.4 Å². The fourth-order valence-electron chi connectivity index (χ4n) is 9.01. The number of carbonyl (C=O) groups excluding carboxylic acids is 1. The molecule has 5 aliphatic rings. The van der Waals surface area contributed by atoms with Gasteiger partial charge in [0.2, 0.25) is 0 Å². The fourth-order valence-corrected chi connectivity index (χ4v) is 13.3. The molecule has 0 N–H and O–H groups in total. The van der Waals surface area contributed by atoms with Crippen LogP contribution in [0.5, 0.6) is 23.0 Å². The van der Waals surface area contributed by atoms with E-state index in [4.69, 9.17) is 23.7 Å². The summed E-state index contributed by atoms with van der Waals surface area (Å²) in [5, 5.41) is 0. The van der Waals surface area contributed by atoms with Crippen molar-refractivity contribution in [1.29, 1.82) is 0 Å². The topological polar surface area (TPSA) is 63.2 Å². The Balaban J connectivity index is 0.000000161. The average molecular weight is 1270 g/mol. The lowest BCUT2D eigenvalue weighted by Crippen LogP contribution is -3.61. The van der Waals surface area contributed by atoms with Gasteiger partial charge in [-0.1, -0.05) is 36.4 Å². The van der Waals surface area contributed by atoms with Crippen LogP contribution in [0.3, 0.4) is 0 Å². The maximum atomic E-state index is 13.7. The summed E-state index contributed by atoms with van der Waals surface area (Å²) in [5.41, 5.74) is -1.15. The lowest BCUT2D eigenvalue weighted by atomic mass is 9.51. The second-order valence-corrected chi connectivity index (χ2v) is 24.2. The Morgan fingerprint density at radius 1 is 0.514 bits per heavy atom. The van der Waals surface area contributed by atoms with Gasteiger partial charge in [0.05, 0.1) is 0 Å². The Kier molecular flexibility index (Phi) is 18.3. The summed E-state index contributed by atoms with van der Waals surface area (Å²) in [6, 6.07) is 49.4. The molecule has 1 spiro atoms. The first-order valence-electron chi connectivity index (χ1n) is 23.1. The van der Waals surface area contributed by atoms with Crippen LogP contribution in [0.15, 0.2) is 158 Å². The lowest BCUT2D eigenvalue weighted by Gasteiger charge is -2.63. The van der Waals surface area contributed by atoms with Crippen molar-refractivity contribution in [3.8, 4) is 23.0 Å². The van der Waals surface area contributed by atoms with Gasteiger partial charge in [-0.15, -0.1) is 0 Å². The average Bonchev–Trinajstić information content (AvgIpc) is 3.43. The van der Waals surface area contributed by atoms with E-state index in [0.717, 1.165) is 30.1 Å². The van der Waals surface area contributed by atoms with Crippen molar-refractivity contribution < 1.29 is 119 Å². The molecule has 4 saturated carbocycles. The van der Waals surface area contributed by atoms with Crippen LogP contribution in [0.25, 0.3) is 0 Å². The van der Waals surface area contributed by atoms with Gasteiger partial charge >= 0.3 is 72.3 Å². The van der Waals surface area contributed by atoms with Crippen molar-refractivity contribution in [3.05, 3.63) is 184 Å². The predicted octanol–water partition coefficient (Wildman–Crippen LogP) is 8.84. The maximum Gasteiger partial charge on any atom is 0.386 e. The standard InChI is InChI=1S/C24H18IO2.C17H20F6O4.C12H8F2I.C2H3F3/c1-3-7-21(8-4-1)26-23-15-11-19(12-16-23)25-20-13-17-24(18-14-20)27-22-9-5-2-6-10-22;1-13(18,19)12(24)27-14-4-9-2-10(5-14)17(11(3-9)6-14)25-7-15(20,21)16(22,23)8-26-17;13-9-1-5-11(6-2-9)15-12-7-3-10(14)4-8-12;1-2(3,4)5/h1-18H;9-11H,2-8H2,1H3;1-8H;1H3/q+1;;+1;. The Hall–Kier alpha value is -5.00. The zero-order valence-electron chi connectivity index (χ0n) is 39.6. The Morgan fingerprint density at radius 3 is 1.18 bits per heavy atom. The highest BCUT2D eigenvalue weighted by molar-refractivity contribution is 5.77. The molecule has 1 heterocycles. The van der Waals surface area contributed by atoms with Gasteiger partial charge in [-0.25, -0.2) is 13.6 Å². The minimum absolute atomic E-state index is 0.0166. The number of esters is 1. The number of halogens is 13. The van der Waals surface area contributed by atoms with E-state index in [9.17, 15) is 53.1 Å². The van der Waals surface area contributed by atoms with Gasteiger partial charge in [0.25, 0.3) is 0 Å². The van der Waals surface area contributed by atoms with Crippen LogP contribution in [-0.4, -0.2) is 54.5 Å². The summed E-state index contributed by atoms with van der Waals surface area (Å²) >= 11 is -0.559. The smallest absolute Gasteiger partial charge is 0.386 e. The van der Waals surface area contributed by atoms with Gasteiger partial charge in [0.1, 0.15) is 53.4 Å². The number of ether oxygens (including phenoxy) is 5. The van der Waals surface area contributed by atoms with Crippen molar-refractivity contribution in [2.75, 3.05) is 13.2 Å². The van der Waals surface area contributed by atoms with Crippen molar-refractivity contribution in [3.63, 3.8) is 0 Å². The summed E-state index contributed by atoms with van der Waals surface area (Å²) in [5.74, 6) is -13.8. The van der Waals surface area contributed by atoms with Crippen molar-refractivity contribution in [1.82, 2.24) is 0 Å². The molecule has 4 bridgehead atoms. The molecule has 1 saturated heterocycles. The molecule has 11 rings (SSSR count). The van der Waals surface area contributed by atoms with Gasteiger partial charge in [0.15, 0.2) is 20.1 Å². The number of hydrogen-bond donors (Lipinski definition) is 0. The number of alkyl halides is 9. The van der Waals surface area contributed by atoms with Gasteiger partial charge in [-0.2, -0.15) is 39.5 Å². The first-order valence-corrected chi connectivity index (χ1v) is 27.4. The van der Waals surface area contributed by atoms with Gasteiger partial charge in [-0.05, 0) is 159 Å². The normalized spacial score (nSPS) is 21.8. The number of rotatable bonds is 10. The highest BCUT2D eigenvalue weighted by atomic mass is 127. The number of para-hydroxylation sites is 2. The molecule has 74 heavy (non-hydrogen) atoms. The third-order valence-corrected chi connectivity index (χ3v) is 17.4. The fraction of sp³-hybridized carbons (Fsp3) is 0.327. The van der Waals surface area contributed by atoms with Gasteiger partial charge in [-0.3, -0.25) is 0 Å². The molecule has 2 unspecified atom stereocenters. The SMILES string of the molecule is CC(F)(F)C(=O)OC12CC3CC(C1)C1(OCC(F)(F)C(F)(F)CO1)C(C3)C2.CC(F)(F)F.Fc1ccc([I+]c2ccc(F)cc2)cc1.c1ccc(Oc2ccc([I+]c3ccc(Oc4ccccc4)cc3)cc2)cc1. The Morgan fingerprint density at radius 2 is 0.838 bits per heavy atom. The van der Waals surface area contributed by atoms with Crippen LogP contribution in [0.4, 0.5) is 48.3 Å². The minimum atomic E-state index is -4.36. The molecule has 0 amide bonds. The summed E-state index contributed by atoms with van der Waals surface area (Å²) in [6.07, 6.45) is -2.53. The molecule has 2 atom stereocenters. The lowest BCUT2D eigenvalue weighted by molar-refractivity contribution is -0.597. The molecule has 4 aliphatic carbocycles. The number of benzene rings is 6. The zero-order valence-corrected chi connectivity index (χ0v) is 43.9. The summed E-state index contributed by atoms with van der Waals surface area (Å²) in [7, 11) is 0. The number of carbonyl (C=O) groups is 1. The molecular weight excluding hydrogens is 1220 g/mol. The largest absolute Gasteiger partial charge is 0.457 e. The van der Waals surface area contributed by atoms with Crippen molar-refractivity contribution >= 4 is 5.97 Å². The van der Waals surface area contributed by atoms with Crippen LogP contribution in [0, 0.1) is 43.7 Å². The quantitative estimate of drug-likeness (QED) is 0.0777. The van der Waals surface area contributed by atoms with Crippen molar-refractivity contribution in [2.24, 2.45) is 17.8 Å². The molecule has 6 nitrogen and oxygen atoms in total. The maximum absolute atomic E-state index is 13.7. The van der Waals surface area contributed by atoms with Crippen LogP contribution in [0.1, 0.15) is 46.0 Å². The van der Waals surface area contributed by atoms with Crippen molar-refractivity contribution in [2.45, 2.75) is 81.3 Å². The summed E-state index contributed by atoms with van der Waals surface area (Å²) in [6.45, 7) is -2.32. The van der Waals surface area contributed by atoms with Crippen LogP contribution in [-0.2, 0) is 19.0 Å². The highest BCUT2D eigenvalue weighted by Gasteiger charge is 2.70. The van der Waals surface area contributed by atoms with E-state index in [1.807, 2.05) is 84.9 Å². The van der Waals surface area contributed by atoms with E-state index in [1.165, 1.54) is 31.4 Å². The third kappa shape index (κ3) is 15.8. The first-order chi connectivity index (χ1) is 34.9. The van der Waals surface area contributed by atoms with Crippen LogP contribution in [0.2, 0.25) is 0 Å². The Bertz CT molecular complexity index is 2560. The summed E-state index contributed by atoms with van der Waals surface area (Å²) in [4.78, 5) is 11.7. The van der Waals surface area contributed by atoms with Gasteiger partial charge < -0.3 is 23.7 Å². The molecular formula is C55H49F11I2O6+2. The van der Waals surface area contributed by atoms with Crippen LogP contribution < -0.4 is 51.9 Å². The molecule has 19 heteroatoms. The van der Waals surface area contributed by atoms with E-state index >= 15 is 0 Å². The van der Waals surface area contributed by atoms with E-state index in [0.29, 0.717) is 26.2 Å². The summed E-state index contributed by atoms with van der Waals surface area (Å²) < 4.78 is 170. The molecule has 1 aliphatic heterocycles.